The van der Waals surface area contributed by atoms with E-state index in [2.05, 4.69) is 30.6 Å². The van der Waals surface area contributed by atoms with Gasteiger partial charge in [0.05, 0.1) is 21.2 Å². The number of hydrogen-bond donors (Lipinski definition) is 2. The van der Waals surface area contributed by atoms with Crippen molar-refractivity contribution in [3.63, 3.8) is 0 Å². The zero-order valence-corrected chi connectivity index (χ0v) is 19.2. The summed E-state index contributed by atoms with van der Waals surface area (Å²) in [4.78, 5) is 19.0. The molecule has 11 heteroatoms. The first kappa shape index (κ1) is 22.4. The topological polar surface area (TPSA) is 141 Å². The quantitative estimate of drug-likeness (QED) is 0.270. The third-order valence-corrected chi connectivity index (χ3v) is 6.60. The summed E-state index contributed by atoms with van der Waals surface area (Å²) >= 11 is 3.28. The Morgan fingerprint density at radius 2 is 1.36 bits per heavy atom. The highest BCUT2D eigenvalue weighted by Crippen LogP contribution is 2.27. The summed E-state index contributed by atoms with van der Waals surface area (Å²) < 4.78 is 28.5. The van der Waals surface area contributed by atoms with E-state index in [0.29, 0.717) is 28.2 Å². The lowest BCUT2D eigenvalue weighted by Gasteiger charge is -2.10. The van der Waals surface area contributed by atoms with Crippen molar-refractivity contribution >= 4 is 43.3 Å². The van der Waals surface area contributed by atoms with Crippen LogP contribution in [0.25, 0.3) is 22.5 Å². The molecule has 0 aliphatic heterocycles. The van der Waals surface area contributed by atoms with Crippen LogP contribution < -0.4 is 10.5 Å². The van der Waals surface area contributed by atoms with Gasteiger partial charge in [0.25, 0.3) is 15.7 Å². The lowest BCUT2D eigenvalue weighted by Crippen LogP contribution is -2.12. The molecule has 1 heterocycles. The van der Waals surface area contributed by atoms with E-state index >= 15 is 0 Å². The fourth-order valence-corrected chi connectivity index (χ4v) is 4.38. The average Bonchev–Trinajstić information content (AvgIpc) is 2.79. The molecule has 0 aliphatic carbocycles. The second-order valence-electron chi connectivity index (χ2n) is 6.94. The summed E-state index contributed by atoms with van der Waals surface area (Å²) in [7, 11) is -3.73. The zero-order valence-electron chi connectivity index (χ0n) is 16.8. The number of nitrogen functional groups attached to an aromatic ring is 1. The predicted molar refractivity (Wildman–Crippen MR) is 129 cm³/mol. The predicted octanol–water partition coefficient (Wildman–Crippen LogP) is 4.86. The molecule has 3 N–H and O–H groups in total. The first-order chi connectivity index (χ1) is 15.7. The van der Waals surface area contributed by atoms with Gasteiger partial charge < -0.3 is 5.73 Å². The largest absolute Gasteiger partial charge is 0.368 e. The number of aromatic nitrogens is 2. The van der Waals surface area contributed by atoms with Crippen LogP contribution in [0, 0.1) is 10.1 Å². The van der Waals surface area contributed by atoms with Crippen LogP contribution in [0.1, 0.15) is 0 Å². The van der Waals surface area contributed by atoms with Gasteiger partial charge in [-0.05, 0) is 54.6 Å². The van der Waals surface area contributed by atoms with E-state index in [1.165, 1.54) is 24.3 Å². The highest BCUT2D eigenvalue weighted by molar-refractivity contribution is 9.10. The molecule has 4 rings (SSSR count). The molecule has 3 aromatic carbocycles. The summed E-state index contributed by atoms with van der Waals surface area (Å²) in [5.74, 6) is 0.0425. The summed E-state index contributed by atoms with van der Waals surface area (Å²) in [5.41, 5.74) is 8.61. The van der Waals surface area contributed by atoms with Crippen LogP contribution in [0.4, 0.5) is 17.3 Å². The van der Waals surface area contributed by atoms with E-state index in [-0.39, 0.29) is 16.5 Å². The van der Waals surface area contributed by atoms with Crippen molar-refractivity contribution < 1.29 is 13.3 Å². The Hall–Kier alpha value is -3.83. The third-order valence-electron chi connectivity index (χ3n) is 4.67. The smallest absolute Gasteiger partial charge is 0.269 e. The first-order valence-electron chi connectivity index (χ1n) is 9.49. The molecule has 33 heavy (non-hydrogen) atoms. The van der Waals surface area contributed by atoms with E-state index in [0.717, 1.165) is 4.47 Å². The molecule has 4 aromatic rings. The van der Waals surface area contributed by atoms with Gasteiger partial charge in [-0.3, -0.25) is 14.8 Å². The number of nitro benzene ring substituents is 1. The Labute approximate surface area is 197 Å². The van der Waals surface area contributed by atoms with Crippen molar-refractivity contribution in [1.82, 2.24) is 9.97 Å². The standard InChI is InChI=1S/C22H16BrN5O4S/c23-16-5-11-19(12-6-16)33(31,32)27-17-7-1-14(2-8-17)20-13-21(26-22(24)25-20)15-3-9-18(10-4-15)28(29)30/h1-13,27H,(H2,24,25,26). The van der Waals surface area contributed by atoms with Crippen LogP contribution in [-0.4, -0.2) is 23.3 Å². The summed E-state index contributed by atoms with van der Waals surface area (Å²) in [6, 6.07) is 20.6. The molecule has 0 saturated carbocycles. The molecule has 9 nitrogen and oxygen atoms in total. The molecular weight excluding hydrogens is 510 g/mol. The van der Waals surface area contributed by atoms with Crippen LogP contribution in [0.3, 0.4) is 0 Å². The van der Waals surface area contributed by atoms with Crippen molar-refractivity contribution in [2.45, 2.75) is 4.90 Å². The van der Waals surface area contributed by atoms with E-state index in [4.69, 9.17) is 5.73 Å². The van der Waals surface area contributed by atoms with Crippen LogP contribution in [0.2, 0.25) is 0 Å². The monoisotopic (exact) mass is 525 g/mol. The number of non-ortho nitro benzene ring substituents is 1. The normalized spacial score (nSPS) is 11.2. The van der Waals surface area contributed by atoms with Crippen molar-refractivity contribution in [1.29, 1.82) is 0 Å². The Morgan fingerprint density at radius 1 is 0.848 bits per heavy atom. The number of anilines is 2. The van der Waals surface area contributed by atoms with E-state index in [1.54, 1.807) is 54.6 Å². The zero-order chi connectivity index (χ0) is 23.6. The number of rotatable bonds is 6. The molecule has 0 radical (unpaired) electrons. The number of nitrogens with two attached hydrogens (primary N) is 1. The number of hydrogen-bond acceptors (Lipinski definition) is 7. The van der Waals surface area contributed by atoms with Gasteiger partial charge in [0.2, 0.25) is 5.95 Å². The van der Waals surface area contributed by atoms with Crippen LogP contribution >= 0.6 is 15.9 Å². The summed E-state index contributed by atoms with van der Waals surface area (Å²) in [6.45, 7) is 0. The second kappa shape index (κ2) is 8.96. The minimum Gasteiger partial charge on any atom is -0.368 e. The maximum Gasteiger partial charge on any atom is 0.269 e. The lowest BCUT2D eigenvalue weighted by atomic mass is 10.1. The Balaban J connectivity index is 1.59. The van der Waals surface area contributed by atoms with E-state index in [1.807, 2.05) is 0 Å². The van der Waals surface area contributed by atoms with E-state index in [9.17, 15) is 18.5 Å². The number of nitrogens with zero attached hydrogens (tertiary/aromatic N) is 3. The van der Waals surface area contributed by atoms with Crippen molar-refractivity contribution in [2.24, 2.45) is 0 Å². The molecule has 0 aliphatic rings. The van der Waals surface area contributed by atoms with Crippen LogP contribution in [0.15, 0.2) is 88.2 Å². The van der Waals surface area contributed by atoms with Gasteiger partial charge in [0, 0.05) is 33.4 Å². The van der Waals surface area contributed by atoms with Crippen molar-refractivity contribution in [3.8, 4) is 22.5 Å². The molecular formula is C22H16BrN5O4S. The van der Waals surface area contributed by atoms with Gasteiger partial charge in [0.1, 0.15) is 0 Å². The second-order valence-corrected chi connectivity index (χ2v) is 9.54. The van der Waals surface area contributed by atoms with Crippen molar-refractivity contribution in [3.05, 3.63) is 93.4 Å². The molecule has 0 amide bonds. The lowest BCUT2D eigenvalue weighted by molar-refractivity contribution is -0.384. The number of nitro groups is 1. The maximum atomic E-state index is 12.6. The molecule has 0 saturated heterocycles. The number of halogens is 1. The molecule has 0 spiro atoms. The van der Waals surface area contributed by atoms with Gasteiger partial charge in [-0.1, -0.05) is 28.1 Å². The van der Waals surface area contributed by atoms with Crippen LogP contribution in [-0.2, 0) is 10.0 Å². The van der Waals surface area contributed by atoms with Gasteiger partial charge in [-0.15, -0.1) is 0 Å². The number of nitrogens with one attached hydrogen (secondary N) is 1. The average molecular weight is 526 g/mol. The highest BCUT2D eigenvalue weighted by Gasteiger charge is 2.14. The van der Waals surface area contributed by atoms with Gasteiger partial charge in [-0.2, -0.15) is 0 Å². The molecule has 0 unspecified atom stereocenters. The maximum absolute atomic E-state index is 12.6. The number of sulfonamides is 1. The molecule has 0 bridgehead atoms. The van der Waals surface area contributed by atoms with E-state index < -0.39 is 14.9 Å². The van der Waals surface area contributed by atoms with Gasteiger partial charge in [-0.25, -0.2) is 18.4 Å². The minimum atomic E-state index is -3.73. The summed E-state index contributed by atoms with van der Waals surface area (Å²) in [6.07, 6.45) is 0. The molecule has 0 atom stereocenters. The Morgan fingerprint density at radius 3 is 1.88 bits per heavy atom. The minimum absolute atomic E-state index is 0.0258. The van der Waals surface area contributed by atoms with Gasteiger partial charge in [0.15, 0.2) is 0 Å². The molecule has 1 aromatic heterocycles. The van der Waals surface area contributed by atoms with Crippen molar-refractivity contribution in [2.75, 3.05) is 10.5 Å². The SMILES string of the molecule is Nc1nc(-c2ccc(NS(=O)(=O)c3ccc(Br)cc3)cc2)cc(-c2ccc([N+](=O)[O-])cc2)n1. The molecule has 166 valence electrons. The Kier molecular flexibility index (Phi) is 6.07. The van der Waals surface area contributed by atoms with Crippen LogP contribution in [0.5, 0.6) is 0 Å². The first-order valence-corrected chi connectivity index (χ1v) is 11.8. The fraction of sp³-hybridized carbons (Fsp3) is 0. The summed E-state index contributed by atoms with van der Waals surface area (Å²) in [5, 5.41) is 10.9. The molecule has 0 fully saturated rings. The van der Waals surface area contributed by atoms with Gasteiger partial charge >= 0.3 is 0 Å². The highest BCUT2D eigenvalue weighted by atomic mass is 79.9. The fourth-order valence-electron chi connectivity index (χ4n) is 3.05. The third kappa shape index (κ3) is 5.16. The number of benzene rings is 3. The Bertz CT molecular complexity index is 1430.